The minimum atomic E-state index is 0.298. The van der Waals surface area contributed by atoms with Crippen LogP contribution in [0.4, 0.5) is 0 Å². The van der Waals surface area contributed by atoms with Gasteiger partial charge in [0.25, 0.3) is 0 Å². The van der Waals surface area contributed by atoms with E-state index in [9.17, 15) is 0 Å². The number of aliphatic hydroxyl groups excluding tert-OH is 1. The molecule has 0 heterocycles. The lowest BCUT2D eigenvalue weighted by molar-refractivity contribution is 0.191. The molecule has 0 aromatic carbocycles. The van der Waals surface area contributed by atoms with E-state index in [1.807, 2.05) is 0 Å². The van der Waals surface area contributed by atoms with Gasteiger partial charge in [-0.2, -0.15) is 0 Å². The van der Waals surface area contributed by atoms with Crippen LogP contribution in [-0.2, 0) is 0 Å². The van der Waals surface area contributed by atoms with Crippen molar-refractivity contribution in [3.8, 4) is 0 Å². The molecule has 1 atom stereocenters. The highest BCUT2D eigenvalue weighted by Gasteiger charge is 2.26. The molecule has 2 N–H and O–H groups in total. The molecule has 1 aliphatic carbocycles. The molecule has 0 bridgehead atoms. The third-order valence-corrected chi connectivity index (χ3v) is 3.42. The number of hydrogen-bond acceptors (Lipinski definition) is 2. The highest BCUT2D eigenvalue weighted by atomic mass is 16.3. The summed E-state index contributed by atoms with van der Waals surface area (Å²) >= 11 is 0. The smallest absolute Gasteiger partial charge is 0.0445 e. The normalized spacial score (nSPS) is 24.9. The Morgan fingerprint density at radius 1 is 1.36 bits per heavy atom. The van der Waals surface area contributed by atoms with Gasteiger partial charge in [-0.05, 0) is 44.4 Å². The predicted molar refractivity (Wildman–Crippen MR) is 60.3 cm³/mol. The van der Waals surface area contributed by atoms with Gasteiger partial charge in [-0.1, -0.05) is 13.8 Å². The topological polar surface area (TPSA) is 32.3 Å². The zero-order valence-corrected chi connectivity index (χ0v) is 9.84. The Morgan fingerprint density at radius 3 is 2.43 bits per heavy atom. The highest BCUT2D eigenvalue weighted by Crippen LogP contribution is 2.35. The first kappa shape index (κ1) is 12.0. The molecule has 0 spiro atoms. The summed E-state index contributed by atoms with van der Waals surface area (Å²) in [6.07, 6.45) is 6.12. The summed E-state index contributed by atoms with van der Waals surface area (Å²) in [6, 6.07) is 1.15. The molecule has 1 aliphatic rings. The molecule has 0 aromatic heterocycles. The molecule has 0 aliphatic heterocycles. The number of aliphatic hydroxyl groups is 1. The van der Waals surface area contributed by atoms with Crippen molar-refractivity contribution in [3.05, 3.63) is 0 Å². The van der Waals surface area contributed by atoms with Crippen LogP contribution in [0.3, 0.4) is 0 Å². The first-order valence-electron chi connectivity index (χ1n) is 5.90. The Labute approximate surface area is 88.1 Å². The Bertz CT molecular complexity index is 158. The van der Waals surface area contributed by atoms with E-state index in [0.717, 1.165) is 6.42 Å². The third kappa shape index (κ3) is 3.97. The van der Waals surface area contributed by atoms with Gasteiger partial charge in [0.2, 0.25) is 0 Å². The summed E-state index contributed by atoms with van der Waals surface area (Å²) in [5, 5.41) is 12.4. The van der Waals surface area contributed by atoms with E-state index >= 15 is 0 Å². The second-order valence-corrected chi connectivity index (χ2v) is 5.52. The molecule has 14 heavy (non-hydrogen) atoms. The fourth-order valence-corrected chi connectivity index (χ4v) is 2.25. The molecular weight excluding hydrogens is 174 g/mol. The largest absolute Gasteiger partial charge is 0.396 e. The van der Waals surface area contributed by atoms with Gasteiger partial charge >= 0.3 is 0 Å². The van der Waals surface area contributed by atoms with E-state index in [2.05, 4.69) is 26.1 Å². The lowest BCUT2D eigenvalue weighted by Gasteiger charge is -2.36. The van der Waals surface area contributed by atoms with Crippen LogP contribution in [0, 0.1) is 5.41 Å². The Balaban J connectivity index is 2.22. The summed E-state index contributed by atoms with van der Waals surface area (Å²) in [5.74, 6) is 0. The SMILES string of the molecule is C[C@H](CCO)NC1CCC(C)(C)CC1. The number of rotatable bonds is 4. The van der Waals surface area contributed by atoms with Crippen LogP contribution >= 0.6 is 0 Å². The molecule has 0 saturated heterocycles. The van der Waals surface area contributed by atoms with E-state index in [1.165, 1.54) is 25.7 Å². The summed E-state index contributed by atoms with van der Waals surface area (Å²) in [6.45, 7) is 7.18. The van der Waals surface area contributed by atoms with Gasteiger partial charge in [-0.3, -0.25) is 0 Å². The zero-order valence-electron chi connectivity index (χ0n) is 9.84. The molecule has 84 valence electrons. The lowest BCUT2D eigenvalue weighted by Crippen LogP contribution is -2.40. The lowest BCUT2D eigenvalue weighted by atomic mass is 9.75. The van der Waals surface area contributed by atoms with Crippen LogP contribution in [0.25, 0.3) is 0 Å². The first-order valence-corrected chi connectivity index (χ1v) is 5.90. The van der Waals surface area contributed by atoms with Gasteiger partial charge < -0.3 is 10.4 Å². The van der Waals surface area contributed by atoms with Crippen molar-refractivity contribution in [2.45, 2.75) is 65.0 Å². The minimum absolute atomic E-state index is 0.298. The average molecular weight is 199 g/mol. The van der Waals surface area contributed by atoms with Crippen LogP contribution in [-0.4, -0.2) is 23.8 Å². The van der Waals surface area contributed by atoms with E-state index in [-0.39, 0.29) is 0 Å². The Kier molecular flexibility index (Phi) is 4.39. The number of nitrogens with one attached hydrogen (secondary N) is 1. The second-order valence-electron chi connectivity index (χ2n) is 5.52. The fourth-order valence-electron chi connectivity index (χ4n) is 2.25. The third-order valence-electron chi connectivity index (χ3n) is 3.42. The van der Waals surface area contributed by atoms with Gasteiger partial charge in [0.05, 0.1) is 0 Å². The zero-order chi connectivity index (χ0) is 10.6. The van der Waals surface area contributed by atoms with Crippen molar-refractivity contribution in [1.29, 1.82) is 0 Å². The maximum absolute atomic E-state index is 8.81. The standard InChI is InChI=1S/C12H25NO/c1-10(6-9-14)13-11-4-7-12(2,3)8-5-11/h10-11,13-14H,4-9H2,1-3H3/t10-/m1/s1. The van der Waals surface area contributed by atoms with Gasteiger partial charge in [-0.25, -0.2) is 0 Å². The van der Waals surface area contributed by atoms with Crippen LogP contribution in [0.1, 0.15) is 52.9 Å². The van der Waals surface area contributed by atoms with Crippen LogP contribution < -0.4 is 5.32 Å². The summed E-state index contributed by atoms with van der Waals surface area (Å²) in [7, 11) is 0. The Hall–Kier alpha value is -0.0800. The van der Waals surface area contributed by atoms with E-state index < -0.39 is 0 Å². The van der Waals surface area contributed by atoms with Crippen LogP contribution in [0.5, 0.6) is 0 Å². The van der Waals surface area contributed by atoms with Gasteiger partial charge in [0.15, 0.2) is 0 Å². The van der Waals surface area contributed by atoms with E-state index in [0.29, 0.717) is 24.1 Å². The molecule has 0 radical (unpaired) electrons. The van der Waals surface area contributed by atoms with Gasteiger partial charge in [0, 0.05) is 18.7 Å². The van der Waals surface area contributed by atoms with Crippen molar-refractivity contribution in [2.24, 2.45) is 5.41 Å². The molecule has 0 unspecified atom stereocenters. The first-order chi connectivity index (χ1) is 6.53. The van der Waals surface area contributed by atoms with Gasteiger partial charge in [-0.15, -0.1) is 0 Å². The summed E-state index contributed by atoms with van der Waals surface area (Å²) in [4.78, 5) is 0. The van der Waals surface area contributed by atoms with E-state index in [4.69, 9.17) is 5.11 Å². The van der Waals surface area contributed by atoms with Crippen molar-refractivity contribution >= 4 is 0 Å². The van der Waals surface area contributed by atoms with Crippen molar-refractivity contribution in [3.63, 3.8) is 0 Å². The van der Waals surface area contributed by atoms with Gasteiger partial charge in [0.1, 0.15) is 0 Å². The maximum Gasteiger partial charge on any atom is 0.0445 e. The molecule has 2 heteroatoms. The molecule has 1 rings (SSSR count). The van der Waals surface area contributed by atoms with E-state index in [1.54, 1.807) is 0 Å². The van der Waals surface area contributed by atoms with Crippen LogP contribution in [0.15, 0.2) is 0 Å². The molecule has 2 nitrogen and oxygen atoms in total. The van der Waals surface area contributed by atoms with Crippen molar-refractivity contribution in [2.75, 3.05) is 6.61 Å². The summed E-state index contributed by atoms with van der Waals surface area (Å²) in [5.41, 5.74) is 0.554. The quantitative estimate of drug-likeness (QED) is 0.728. The molecule has 0 aromatic rings. The molecule has 1 saturated carbocycles. The monoisotopic (exact) mass is 199 g/mol. The Morgan fingerprint density at radius 2 is 1.93 bits per heavy atom. The average Bonchev–Trinajstić information content (AvgIpc) is 2.09. The van der Waals surface area contributed by atoms with Crippen molar-refractivity contribution < 1.29 is 5.11 Å². The van der Waals surface area contributed by atoms with Crippen molar-refractivity contribution in [1.82, 2.24) is 5.32 Å². The molecule has 0 amide bonds. The predicted octanol–water partition coefficient (Wildman–Crippen LogP) is 2.32. The minimum Gasteiger partial charge on any atom is -0.396 e. The maximum atomic E-state index is 8.81. The molecule has 1 fully saturated rings. The highest BCUT2D eigenvalue weighted by molar-refractivity contribution is 4.83. The number of hydrogen-bond donors (Lipinski definition) is 2. The summed E-state index contributed by atoms with van der Waals surface area (Å²) < 4.78 is 0. The fraction of sp³-hybridized carbons (Fsp3) is 1.00. The van der Waals surface area contributed by atoms with Crippen LogP contribution in [0.2, 0.25) is 0 Å². The molecular formula is C12H25NO. The second kappa shape index (κ2) is 5.13.